The summed E-state index contributed by atoms with van der Waals surface area (Å²) in [4.78, 5) is 23.2. The van der Waals surface area contributed by atoms with Gasteiger partial charge in [-0.1, -0.05) is 12.1 Å². The third kappa shape index (κ3) is 6.01. The Labute approximate surface area is 260 Å². The van der Waals surface area contributed by atoms with Crippen LogP contribution in [-0.2, 0) is 44.1 Å². The Bertz CT molecular complexity index is 1910. The second-order valence-corrected chi connectivity index (χ2v) is 11.4. The number of rotatable bonds is 8. The summed E-state index contributed by atoms with van der Waals surface area (Å²) < 4.78 is 84.3. The third-order valence-electron chi connectivity index (χ3n) is 8.54. The van der Waals surface area contributed by atoms with Crippen LogP contribution in [0.2, 0.25) is 0 Å². The van der Waals surface area contributed by atoms with Gasteiger partial charge < -0.3 is 9.13 Å². The molecule has 6 rings (SSSR count). The molecular weight excluding hydrogens is 606 g/mol. The van der Waals surface area contributed by atoms with Gasteiger partial charge in [-0.15, -0.1) is 0 Å². The van der Waals surface area contributed by atoms with Crippen molar-refractivity contribution in [2.24, 2.45) is 14.1 Å². The summed E-state index contributed by atoms with van der Waals surface area (Å²) in [6.07, 6.45) is -2.15. The van der Waals surface area contributed by atoms with Crippen molar-refractivity contribution in [3.05, 3.63) is 131 Å². The van der Waals surface area contributed by atoms with Crippen LogP contribution < -0.4 is 0 Å². The number of aromatic nitrogens is 4. The molecule has 236 valence electrons. The van der Waals surface area contributed by atoms with Crippen LogP contribution in [0.4, 0.5) is 26.3 Å². The van der Waals surface area contributed by atoms with Crippen molar-refractivity contribution in [3.8, 4) is 0 Å². The molecule has 0 aliphatic heterocycles. The van der Waals surface area contributed by atoms with Gasteiger partial charge >= 0.3 is 12.4 Å². The van der Waals surface area contributed by atoms with Crippen molar-refractivity contribution in [1.29, 1.82) is 0 Å². The van der Waals surface area contributed by atoms with Crippen LogP contribution in [-0.4, -0.2) is 24.9 Å². The van der Waals surface area contributed by atoms with E-state index in [1.54, 1.807) is 12.1 Å². The predicted molar refractivity (Wildman–Crippen MR) is 162 cm³/mol. The number of hydrogen-bond donors (Lipinski definition) is 0. The lowest BCUT2D eigenvalue weighted by molar-refractivity contribution is -0.138. The lowest BCUT2D eigenvalue weighted by Crippen LogP contribution is -2.27. The summed E-state index contributed by atoms with van der Waals surface area (Å²) in [5, 5.41) is 1.03. The molecule has 0 radical (unpaired) electrons. The first-order valence-corrected chi connectivity index (χ1v) is 14.5. The summed E-state index contributed by atoms with van der Waals surface area (Å²) in [6, 6.07) is 17.6. The third-order valence-corrected chi connectivity index (χ3v) is 8.54. The Morgan fingerprint density at radius 1 is 0.652 bits per heavy atom. The molecule has 0 spiro atoms. The van der Waals surface area contributed by atoms with Crippen LogP contribution in [0, 0.1) is 0 Å². The number of pyridine rings is 2. The number of carbonyl (C=O) groups is 1. The van der Waals surface area contributed by atoms with E-state index in [0.717, 1.165) is 35.7 Å². The number of benzene rings is 2. The fourth-order valence-electron chi connectivity index (χ4n) is 6.18. The monoisotopic (exact) mass is 634 g/mol. The van der Waals surface area contributed by atoms with Crippen molar-refractivity contribution in [2.45, 2.75) is 37.0 Å². The van der Waals surface area contributed by atoms with Crippen LogP contribution in [0.25, 0.3) is 21.8 Å². The zero-order valence-corrected chi connectivity index (χ0v) is 24.8. The summed E-state index contributed by atoms with van der Waals surface area (Å²) in [6.45, 7) is 0. The highest BCUT2D eigenvalue weighted by atomic mass is 19.4. The zero-order valence-electron chi connectivity index (χ0n) is 24.8. The summed E-state index contributed by atoms with van der Waals surface area (Å²) in [5.41, 5.74) is 1.49. The van der Waals surface area contributed by atoms with Crippen molar-refractivity contribution >= 4 is 27.6 Å². The molecule has 5 nitrogen and oxygen atoms in total. The SMILES string of the molecule is Cn1cccc1C(Cc1ccnc2cc(C(F)(F)F)ccc12)C(=O)C(Cc1ccnc2cc(C(F)(F)F)ccc12)c1cccn1C. The van der Waals surface area contributed by atoms with E-state index in [4.69, 9.17) is 0 Å². The summed E-state index contributed by atoms with van der Waals surface area (Å²) in [7, 11) is 3.64. The van der Waals surface area contributed by atoms with Crippen LogP contribution in [0.15, 0.2) is 97.6 Å². The van der Waals surface area contributed by atoms with Gasteiger partial charge in [0, 0.05) is 61.0 Å². The van der Waals surface area contributed by atoms with Crippen molar-refractivity contribution in [3.63, 3.8) is 0 Å². The molecule has 0 amide bonds. The topological polar surface area (TPSA) is 52.7 Å². The highest BCUT2D eigenvalue weighted by molar-refractivity contribution is 5.93. The van der Waals surface area contributed by atoms with Gasteiger partial charge in [-0.05, 0) is 84.6 Å². The molecule has 4 aromatic heterocycles. The van der Waals surface area contributed by atoms with E-state index < -0.39 is 35.3 Å². The maximum absolute atomic E-state index is 14.8. The Morgan fingerprint density at radius 2 is 1.07 bits per heavy atom. The molecular formula is C35H28F6N4O. The van der Waals surface area contributed by atoms with Crippen LogP contribution >= 0.6 is 0 Å². The summed E-state index contributed by atoms with van der Waals surface area (Å²) in [5.74, 6) is -1.56. The average Bonchev–Trinajstić information content (AvgIpc) is 3.64. The number of fused-ring (bicyclic) bond motifs is 2. The molecule has 0 fully saturated rings. The fourth-order valence-corrected chi connectivity index (χ4v) is 6.18. The van der Waals surface area contributed by atoms with Crippen molar-refractivity contribution < 1.29 is 31.1 Å². The van der Waals surface area contributed by atoms with Gasteiger partial charge in [-0.3, -0.25) is 14.8 Å². The molecule has 0 aliphatic rings. The second-order valence-electron chi connectivity index (χ2n) is 11.4. The van der Waals surface area contributed by atoms with Gasteiger partial charge in [0.2, 0.25) is 0 Å². The Morgan fingerprint density at radius 3 is 1.41 bits per heavy atom. The largest absolute Gasteiger partial charge is 0.416 e. The first-order chi connectivity index (χ1) is 21.8. The van der Waals surface area contributed by atoms with E-state index in [-0.39, 0.29) is 29.7 Å². The minimum absolute atomic E-state index is 0.141. The molecule has 4 heterocycles. The van der Waals surface area contributed by atoms with Gasteiger partial charge in [0.25, 0.3) is 0 Å². The maximum Gasteiger partial charge on any atom is 0.416 e. The Kier molecular flexibility index (Phi) is 7.95. The lowest BCUT2D eigenvalue weighted by atomic mass is 9.80. The van der Waals surface area contributed by atoms with Crippen molar-refractivity contribution in [2.75, 3.05) is 0 Å². The zero-order chi connectivity index (χ0) is 32.8. The molecule has 0 saturated heterocycles. The van der Waals surface area contributed by atoms with E-state index in [2.05, 4.69) is 9.97 Å². The molecule has 2 aromatic carbocycles. The number of carbonyl (C=O) groups excluding carboxylic acids is 1. The van der Waals surface area contributed by atoms with Gasteiger partial charge in [0.05, 0.1) is 34.0 Å². The van der Waals surface area contributed by atoms with Crippen LogP contribution in [0.1, 0.15) is 45.5 Å². The highest BCUT2D eigenvalue weighted by Crippen LogP contribution is 2.37. The second kappa shape index (κ2) is 11.8. The smallest absolute Gasteiger partial charge is 0.354 e. The standard InChI is InChI=1S/C35H28F6N4O/c1-44-15-3-5-31(44)27(17-21-11-13-42-29-19-23(34(36,37)38)7-9-25(21)29)33(46)28(32-6-4-16-45(32)2)18-22-12-14-43-30-20-24(35(39,40)41)8-10-26(22)30/h3-16,19-20,27-28H,17-18H2,1-2H3. The van der Waals surface area contributed by atoms with Crippen LogP contribution in [0.3, 0.4) is 0 Å². The Hall–Kier alpha value is -4.93. The molecule has 2 atom stereocenters. The van der Waals surface area contributed by atoms with Crippen molar-refractivity contribution in [1.82, 2.24) is 19.1 Å². The molecule has 6 aromatic rings. The number of alkyl halides is 6. The first-order valence-electron chi connectivity index (χ1n) is 14.5. The summed E-state index contributed by atoms with van der Waals surface area (Å²) >= 11 is 0. The van der Waals surface area contributed by atoms with Gasteiger partial charge in [-0.25, -0.2) is 0 Å². The molecule has 0 N–H and O–H groups in total. The first kappa shape index (κ1) is 31.1. The van der Waals surface area contributed by atoms with E-state index in [0.29, 0.717) is 21.9 Å². The molecule has 0 saturated carbocycles. The maximum atomic E-state index is 14.8. The molecule has 0 bridgehead atoms. The minimum atomic E-state index is -4.53. The molecule has 11 heteroatoms. The van der Waals surface area contributed by atoms with E-state index in [1.165, 1.54) is 24.5 Å². The normalized spacial score (nSPS) is 13.7. The van der Waals surface area contributed by atoms with E-state index in [1.807, 2.05) is 59.9 Å². The van der Waals surface area contributed by atoms with Crippen LogP contribution in [0.5, 0.6) is 0 Å². The predicted octanol–water partition coefficient (Wildman–Crippen LogP) is 8.42. The highest BCUT2D eigenvalue weighted by Gasteiger charge is 2.35. The van der Waals surface area contributed by atoms with Gasteiger partial charge in [0.1, 0.15) is 0 Å². The molecule has 46 heavy (non-hydrogen) atoms. The molecule has 0 aliphatic carbocycles. The average molecular weight is 635 g/mol. The number of Topliss-reactive ketones (excluding diaryl/α,β-unsaturated/α-hetero) is 1. The number of ketones is 1. The quantitative estimate of drug-likeness (QED) is 0.158. The lowest BCUT2D eigenvalue weighted by Gasteiger charge is -2.25. The number of hydrogen-bond acceptors (Lipinski definition) is 3. The minimum Gasteiger partial charge on any atom is -0.354 e. The Balaban J connectivity index is 1.44. The van der Waals surface area contributed by atoms with E-state index in [9.17, 15) is 31.1 Å². The number of aryl methyl sites for hydroxylation is 2. The van der Waals surface area contributed by atoms with Gasteiger partial charge in [0.15, 0.2) is 5.78 Å². The fraction of sp³-hybridized carbons (Fsp3) is 0.229. The molecule has 2 unspecified atom stereocenters. The van der Waals surface area contributed by atoms with Gasteiger partial charge in [-0.2, -0.15) is 26.3 Å². The van der Waals surface area contributed by atoms with E-state index >= 15 is 0 Å². The number of nitrogens with zero attached hydrogens (tertiary/aromatic N) is 4. The number of halogens is 6.